The second kappa shape index (κ2) is 6.25. The van der Waals surface area contributed by atoms with E-state index in [1.807, 2.05) is 54.9 Å². The number of amides is 1. The number of aromatic nitrogens is 1. The van der Waals surface area contributed by atoms with Crippen molar-refractivity contribution in [1.82, 2.24) is 4.57 Å². The van der Waals surface area contributed by atoms with Crippen molar-refractivity contribution in [1.29, 1.82) is 0 Å². The van der Waals surface area contributed by atoms with Gasteiger partial charge in [0.15, 0.2) is 4.80 Å². The number of aryl methyl sites for hydroxylation is 2. The zero-order valence-corrected chi connectivity index (χ0v) is 16.5. The van der Waals surface area contributed by atoms with Gasteiger partial charge in [-0.05, 0) is 30.7 Å². The molecule has 7 heteroatoms. The molecule has 4 rings (SSSR count). The summed E-state index contributed by atoms with van der Waals surface area (Å²) in [5.74, 6) is -0.322. The summed E-state index contributed by atoms with van der Waals surface area (Å²) in [5.41, 5.74) is 2.08. The quantitative estimate of drug-likeness (QED) is 0.392. The molecule has 3 nitrogen and oxygen atoms in total. The zero-order valence-electron chi connectivity index (χ0n) is 13.3. The molecule has 0 radical (unpaired) electrons. The molecule has 0 N–H and O–H groups in total. The summed E-state index contributed by atoms with van der Waals surface area (Å²) in [5, 5.41) is 2.03. The minimum absolute atomic E-state index is 0.322. The third-order valence-electron chi connectivity index (χ3n) is 3.98. The van der Waals surface area contributed by atoms with Crippen LogP contribution in [0.5, 0.6) is 0 Å². The maximum Gasteiger partial charge on any atom is 0.291 e. The standard InChI is InChI=1S/C18H12Cl2N2OS2/c1-9-7-10(19)8-13-15(9)22(2)18(25-13)21-17(23)16-14(20)11-5-3-4-6-12(11)24-16/h3-8H,1-2H3. The molecule has 1 amide bonds. The van der Waals surface area contributed by atoms with Gasteiger partial charge in [-0.15, -0.1) is 11.3 Å². The van der Waals surface area contributed by atoms with Gasteiger partial charge in [-0.25, -0.2) is 0 Å². The van der Waals surface area contributed by atoms with E-state index in [1.54, 1.807) is 0 Å². The SMILES string of the molecule is Cc1cc(Cl)cc2sc(=NC(=O)c3sc4ccccc4c3Cl)n(C)c12. The van der Waals surface area contributed by atoms with Crippen LogP contribution in [0, 0.1) is 6.92 Å². The van der Waals surface area contributed by atoms with E-state index in [-0.39, 0.29) is 5.91 Å². The Labute approximate surface area is 161 Å². The van der Waals surface area contributed by atoms with Crippen molar-refractivity contribution in [3.8, 4) is 0 Å². The van der Waals surface area contributed by atoms with Gasteiger partial charge in [0.2, 0.25) is 0 Å². The Bertz CT molecular complexity index is 1220. The number of carbonyl (C=O) groups excluding carboxylic acids is 1. The highest BCUT2D eigenvalue weighted by Gasteiger charge is 2.17. The van der Waals surface area contributed by atoms with Crippen LogP contribution >= 0.6 is 45.9 Å². The van der Waals surface area contributed by atoms with E-state index in [0.717, 1.165) is 25.9 Å². The Morgan fingerprint density at radius 1 is 1.12 bits per heavy atom. The van der Waals surface area contributed by atoms with Crippen molar-refractivity contribution >= 4 is 72.1 Å². The molecule has 0 aliphatic heterocycles. The second-order valence-electron chi connectivity index (χ2n) is 5.67. The molecule has 2 aromatic carbocycles. The summed E-state index contributed by atoms with van der Waals surface area (Å²) in [4.78, 5) is 18.1. The predicted molar refractivity (Wildman–Crippen MR) is 107 cm³/mol. The van der Waals surface area contributed by atoms with E-state index in [4.69, 9.17) is 23.2 Å². The first-order valence-corrected chi connectivity index (χ1v) is 9.86. The molecule has 0 aliphatic rings. The van der Waals surface area contributed by atoms with Gasteiger partial charge >= 0.3 is 0 Å². The van der Waals surface area contributed by atoms with Crippen molar-refractivity contribution in [2.45, 2.75) is 6.92 Å². The number of rotatable bonds is 1. The van der Waals surface area contributed by atoms with Gasteiger partial charge in [0.05, 0.1) is 15.2 Å². The molecule has 2 aromatic heterocycles. The van der Waals surface area contributed by atoms with E-state index >= 15 is 0 Å². The van der Waals surface area contributed by atoms with Gasteiger partial charge < -0.3 is 4.57 Å². The molecule has 0 fully saturated rings. The molecular formula is C18H12Cl2N2OS2. The Balaban J connectivity index is 1.89. The highest BCUT2D eigenvalue weighted by Crippen LogP contribution is 2.35. The maximum atomic E-state index is 12.7. The lowest BCUT2D eigenvalue weighted by Crippen LogP contribution is -2.13. The van der Waals surface area contributed by atoms with Crippen LogP contribution in [0.1, 0.15) is 15.2 Å². The number of carbonyl (C=O) groups is 1. The van der Waals surface area contributed by atoms with E-state index in [0.29, 0.717) is 19.7 Å². The largest absolute Gasteiger partial charge is 0.319 e. The number of hydrogen-bond donors (Lipinski definition) is 0. The van der Waals surface area contributed by atoms with Crippen molar-refractivity contribution in [2.75, 3.05) is 0 Å². The molecular weight excluding hydrogens is 395 g/mol. The molecule has 0 saturated carbocycles. The number of thiazole rings is 1. The predicted octanol–water partition coefficient (Wildman–Crippen LogP) is 5.81. The minimum Gasteiger partial charge on any atom is -0.319 e. The van der Waals surface area contributed by atoms with Gasteiger partial charge in [-0.2, -0.15) is 4.99 Å². The van der Waals surface area contributed by atoms with Gasteiger partial charge in [0, 0.05) is 22.2 Å². The molecule has 0 bridgehead atoms. The Morgan fingerprint density at radius 2 is 1.88 bits per heavy atom. The average Bonchev–Trinajstić information content (AvgIpc) is 3.06. The fraction of sp³-hybridized carbons (Fsp3) is 0.111. The van der Waals surface area contributed by atoms with E-state index in [2.05, 4.69) is 4.99 Å². The average molecular weight is 407 g/mol. The van der Waals surface area contributed by atoms with Crippen LogP contribution in [0.2, 0.25) is 10.0 Å². The Morgan fingerprint density at radius 3 is 2.64 bits per heavy atom. The first kappa shape index (κ1) is 16.8. The minimum atomic E-state index is -0.322. The first-order valence-electron chi connectivity index (χ1n) is 7.47. The van der Waals surface area contributed by atoms with Crippen LogP contribution in [0.4, 0.5) is 0 Å². The molecule has 25 heavy (non-hydrogen) atoms. The van der Waals surface area contributed by atoms with Crippen LogP contribution in [-0.4, -0.2) is 10.5 Å². The van der Waals surface area contributed by atoms with Crippen LogP contribution in [-0.2, 0) is 7.05 Å². The summed E-state index contributed by atoms with van der Waals surface area (Å²) in [6, 6.07) is 11.5. The Kier molecular flexibility index (Phi) is 4.20. The number of thiophene rings is 1. The van der Waals surface area contributed by atoms with Crippen molar-refractivity contribution in [3.05, 3.63) is 61.7 Å². The number of nitrogens with zero attached hydrogens (tertiary/aromatic N) is 2. The summed E-state index contributed by atoms with van der Waals surface area (Å²) in [6.07, 6.45) is 0. The summed E-state index contributed by atoms with van der Waals surface area (Å²) < 4.78 is 3.90. The van der Waals surface area contributed by atoms with Crippen LogP contribution in [0.15, 0.2) is 41.4 Å². The number of halogens is 2. The van der Waals surface area contributed by atoms with E-state index < -0.39 is 0 Å². The lowest BCUT2D eigenvalue weighted by molar-refractivity contribution is 0.100. The highest BCUT2D eigenvalue weighted by molar-refractivity contribution is 7.21. The lowest BCUT2D eigenvalue weighted by Gasteiger charge is -2.00. The summed E-state index contributed by atoms with van der Waals surface area (Å²) in [7, 11) is 1.90. The monoisotopic (exact) mass is 406 g/mol. The van der Waals surface area contributed by atoms with Crippen molar-refractivity contribution in [3.63, 3.8) is 0 Å². The maximum absolute atomic E-state index is 12.7. The van der Waals surface area contributed by atoms with Gasteiger partial charge in [-0.1, -0.05) is 52.7 Å². The second-order valence-corrected chi connectivity index (χ2v) is 8.55. The molecule has 0 spiro atoms. The van der Waals surface area contributed by atoms with Crippen LogP contribution < -0.4 is 4.80 Å². The van der Waals surface area contributed by atoms with Gasteiger partial charge in [0.1, 0.15) is 4.88 Å². The van der Waals surface area contributed by atoms with Crippen LogP contribution in [0.3, 0.4) is 0 Å². The molecule has 0 unspecified atom stereocenters. The molecule has 0 aliphatic carbocycles. The third-order valence-corrected chi connectivity index (χ3v) is 6.94. The van der Waals surface area contributed by atoms with E-state index in [9.17, 15) is 4.79 Å². The first-order chi connectivity index (χ1) is 12.0. The number of fused-ring (bicyclic) bond motifs is 2. The van der Waals surface area contributed by atoms with E-state index in [1.165, 1.54) is 22.7 Å². The third kappa shape index (κ3) is 2.81. The number of benzene rings is 2. The van der Waals surface area contributed by atoms with Gasteiger partial charge in [-0.3, -0.25) is 4.79 Å². The highest BCUT2D eigenvalue weighted by atomic mass is 35.5. The molecule has 4 aromatic rings. The molecule has 0 atom stereocenters. The van der Waals surface area contributed by atoms with Crippen molar-refractivity contribution < 1.29 is 4.79 Å². The smallest absolute Gasteiger partial charge is 0.291 e. The number of hydrogen-bond acceptors (Lipinski definition) is 3. The molecule has 2 heterocycles. The normalized spacial score (nSPS) is 12.4. The van der Waals surface area contributed by atoms with Crippen molar-refractivity contribution in [2.24, 2.45) is 12.0 Å². The molecule has 0 saturated heterocycles. The van der Waals surface area contributed by atoms with Gasteiger partial charge in [0.25, 0.3) is 5.91 Å². The molecule has 126 valence electrons. The zero-order chi connectivity index (χ0) is 17.7. The fourth-order valence-electron chi connectivity index (χ4n) is 2.86. The topological polar surface area (TPSA) is 34.4 Å². The summed E-state index contributed by atoms with van der Waals surface area (Å²) in [6.45, 7) is 2.00. The van der Waals surface area contributed by atoms with Crippen LogP contribution in [0.25, 0.3) is 20.3 Å². The Hall–Kier alpha value is -1.66. The lowest BCUT2D eigenvalue weighted by atomic mass is 10.2. The summed E-state index contributed by atoms with van der Waals surface area (Å²) >= 11 is 15.3. The fourth-order valence-corrected chi connectivity index (χ4v) is 5.73.